The third-order valence-electron chi connectivity index (χ3n) is 4.99. The summed E-state index contributed by atoms with van der Waals surface area (Å²) < 4.78 is 40.4. The lowest BCUT2D eigenvalue weighted by Gasteiger charge is -2.26. The number of hydrogen-bond donors (Lipinski definition) is 2. The minimum Gasteiger partial charge on any atom is -0.478 e. The first-order valence-corrected chi connectivity index (χ1v) is 8.96. The zero-order valence-electron chi connectivity index (χ0n) is 15.2. The normalized spacial score (nSPS) is 20.0. The Morgan fingerprint density at radius 1 is 1.14 bits per heavy atom. The number of hydrogen-bond acceptors (Lipinski definition) is 3. The fourth-order valence-electron chi connectivity index (χ4n) is 3.40. The Kier molecular flexibility index (Phi) is 5.44. The van der Waals surface area contributed by atoms with Crippen LogP contribution in [-0.4, -0.2) is 32.8 Å². The lowest BCUT2D eigenvalue weighted by atomic mass is 9.87. The van der Waals surface area contributed by atoms with Crippen LogP contribution >= 0.6 is 0 Å². The third kappa shape index (κ3) is 4.18. The van der Waals surface area contributed by atoms with Gasteiger partial charge >= 0.3 is 12.1 Å². The number of aromatic carboxylic acids is 1. The van der Waals surface area contributed by atoms with E-state index in [4.69, 9.17) is 5.11 Å². The van der Waals surface area contributed by atoms with E-state index in [2.05, 4.69) is 17.3 Å². The van der Waals surface area contributed by atoms with Gasteiger partial charge < -0.3 is 10.4 Å². The van der Waals surface area contributed by atoms with Gasteiger partial charge in [-0.25, -0.2) is 9.48 Å². The second kappa shape index (κ2) is 7.65. The van der Waals surface area contributed by atoms with Crippen molar-refractivity contribution >= 4 is 11.9 Å². The number of nitrogens with zero attached hydrogens (tertiary/aromatic N) is 2. The number of alkyl halides is 3. The molecule has 1 aromatic heterocycles. The van der Waals surface area contributed by atoms with E-state index in [9.17, 15) is 22.8 Å². The molecule has 150 valence electrons. The number of carboxylic acid groups (broad SMARTS) is 1. The number of rotatable bonds is 4. The average molecular weight is 395 g/mol. The molecule has 28 heavy (non-hydrogen) atoms. The molecule has 0 saturated heterocycles. The van der Waals surface area contributed by atoms with Gasteiger partial charge in [0.05, 0.1) is 11.9 Å². The standard InChI is InChI=1S/C19H20F3N3O3/c1-11-2-6-13(7-3-11)24-17(26)12-4-8-14(9-5-12)25-16(19(20,21)22)15(10-23-25)18(27)28/h4-5,8-11,13H,2-3,6-7H2,1H3,(H,24,26)(H,27,28). The second-order valence-electron chi connectivity index (χ2n) is 7.10. The van der Waals surface area contributed by atoms with Crippen molar-refractivity contribution in [1.29, 1.82) is 0 Å². The van der Waals surface area contributed by atoms with Crippen LogP contribution in [0.25, 0.3) is 5.69 Å². The highest BCUT2D eigenvalue weighted by Gasteiger charge is 2.40. The van der Waals surface area contributed by atoms with Gasteiger partial charge in [0.2, 0.25) is 0 Å². The van der Waals surface area contributed by atoms with Crippen LogP contribution in [0.2, 0.25) is 0 Å². The minimum atomic E-state index is -4.89. The predicted molar refractivity (Wildman–Crippen MR) is 94.4 cm³/mol. The maximum atomic E-state index is 13.3. The molecule has 1 amide bonds. The number of carboxylic acids is 1. The number of amides is 1. The molecule has 2 aromatic rings. The molecule has 3 rings (SSSR count). The number of nitrogens with one attached hydrogen (secondary N) is 1. The summed E-state index contributed by atoms with van der Waals surface area (Å²) in [5.74, 6) is -1.34. The van der Waals surface area contributed by atoms with Gasteiger partial charge in [0.1, 0.15) is 5.56 Å². The molecule has 0 unspecified atom stereocenters. The number of aromatic nitrogens is 2. The van der Waals surface area contributed by atoms with Crippen molar-refractivity contribution in [2.45, 2.75) is 44.8 Å². The van der Waals surface area contributed by atoms with Crippen molar-refractivity contribution in [3.63, 3.8) is 0 Å². The van der Waals surface area contributed by atoms with E-state index in [-0.39, 0.29) is 17.6 Å². The first kappa shape index (κ1) is 19.9. The average Bonchev–Trinajstić information content (AvgIpc) is 3.10. The van der Waals surface area contributed by atoms with E-state index < -0.39 is 23.4 Å². The van der Waals surface area contributed by atoms with Gasteiger partial charge in [-0.3, -0.25) is 4.79 Å². The van der Waals surface area contributed by atoms with Crippen molar-refractivity contribution in [2.24, 2.45) is 5.92 Å². The van der Waals surface area contributed by atoms with Gasteiger partial charge in [0.15, 0.2) is 5.69 Å². The summed E-state index contributed by atoms with van der Waals surface area (Å²) in [6.07, 6.45) is -0.310. The summed E-state index contributed by atoms with van der Waals surface area (Å²) in [4.78, 5) is 23.4. The maximum absolute atomic E-state index is 13.3. The lowest BCUT2D eigenvalue weighted by Crippen LogP contribution is -2.37. The van der Waals surface area contributed by atoms with Crippen LogP contribution in [0.3, 0.4) is 0 Å². The zero-order valence-corrected chi connectivity index (χ0v) is 15.2. The predicted octanol–water partition coefficient (Wildman–Crippen LogP) is 3.90. The first-order valence-electron chi connectivity index (χ1n) is 8.96. The van der Waals surface area contributed by atoms with Crippen molar-refractivity contribution in [1.82, 2.24) is 15.1 Å². The monoisotopic (exact) mass is 395 g/mol. The Balaban J connectivity index is 1.80. The zero-order chi connectivity index (χ0) is 20.5. The molecule has 1 heterocycles. The molecule has 1 saturated carbocycles. The van der Waals surface area contributed by atoms with E-state index in [1.54, 1.807) is 0 Å². The van der Waals surface area contributed by atoms with Gasteiger partial charge in [-0.2, -0.15) is 18.3 Å². The van der Waals surface area contributed by atoms with E-state index in [0.717, 1.165) is 25.7 Å². The largest absolute Gasteiger partial charge is 0.478 e. The van der Waals surface area contributed by atoms with E-state index in [0.29, 0.717) is 22.4 Å². The Morgan fingerprint density at radius 2 is 1.75 bits per heavy atom. The summed E-state index contributed by atoms with van der Waals surface area (Å²) in [7, 11) is 0. The molecule has 2 N–H and O–H groups in total. The molecule has 0 aliphatic heterocycles. The summed E-state index contributed by atoms with van der Waals surface area (Å²) >= 11 is 0. The highest BCUT2D eigenvalue weighted by atomic mass is 19.4. The second-order valence-corrected chi connectivity index (χ2v) is 7.10. The van der Waals surface area contributed by atoms with E-state index in [1.807, 2.05) is 0 Å². The number of halogens is 3. The molecule has 1 fully saturated rings. The quantitative estimate of drug-likeness (QED) is 0.823. The third-order valence-corrected chi connectivity index (χ3v) is 4.99. The van der Waals surface area contributed by atoms with Crippen LogP contribution in [0.1, 0.15) is 59.0 Å². The molecule has 0 atom stereocenters. The fourth-order valence-corrected chi connectivity index (χ4v) is 3.40. The van der Waals surface area contributed by atoms with Gasteiger partial charge in [-0.15, -0.1) is 0 Å². The van der Waals surface area contributed by atoms with E-state index in [1.165, 1.54) is 24.3 Å². The molecule has 0 bridgehead atoms. The topological polar surface area (TPSA) is 84.2 Å². The highest BCUT2D eigenvalue weighted by Crippen LogP contribution is 2.33. The Morgan fingerprint density at radius 3 is 2.29 bits per heavy atom. The molecule has 0 spiro atoms. The van der Waals surface area contributed by atoms with Crippen LogP contribution < -0.4 is 5.32 Å². The highest BCUT2D eigenvalue weighted by molar-refractivity contribution is 5.94. The Bertz CT molecular complexity index is 867. The van der Waals surface area contributed by atoms with Crippen molar-refractivity contribution in [3.8, 4) is 5.69 Å². The van der Waals surface area contributed by atoms with Gasteiger partial charge in [-0.1, -0.05) is 6.92 Å². The van der Waals surface area contributed by atoms with E-state index >= 15 is 0 Å². The van der Waals surface area contributed by atoms with Gasteiger partial charge in [0, 0.05) is 11.6 Å². The van der Waals surface area contributed by atoms with Crippen LogP contribution in [-0.2, 0) is 6.18 Å². The van der Waals surface area contributed by atoms with Crippen molar-refractivity contribution in [2.75, 3.05) is 0 Å². The summed E-state index contributed by atoms with van der Waals surface area (Å²) in [6, 6.07) is 5.53. The molecule has 0 radical (unpaired) electrons. The molecule has 9 heteroatoms. The summed E-state index contributed by atoms with van der Waals surface area (Å²) in [6.45, 7) is 2.18. The van der Waals surface area contributed by atoms with Crippen LogP contribution in [0.5, 0.6) is 0 Å². The number of benzene rings is 1. The van der Waals surface area contributed by atoms with Gasteiger partial charge in [0.25, 0.3) is 5.91 Å². The lowest BCUT2D eigenvalue weighted by molar-refractivity contribution is -0.143. The summed E-state index contributed by atoms with van der Waals surface area (Å²) in [5.41, 5.74) is -1.96. The maximum Gasteiger partial charge on any atom is 0.434 e. The van der Waals surface area contributed by atoms with Crippen LogP contribution in [0.15, 0.2) is 30.5 Å². The molecular weight excluding hydrogens is 375 g/mol. The SMILES string of the molecule is CC1CCC(NC(=O)c2ccc(-n3ncc(C(=O)O)c3C(F)(F)F)cc2)CC1. The van der Waals surface area contributed by atoms with Crippen molar-refractivity contribution in [3.05, 3.63) is 47.3 Å². The van der Waals surface area contributed by atoms with Gasteiger partial charge in [-0.05, 0) is 55.9 Å². The molecule has 1 aromatic carbocycles. The van der Waals surface area contributed by atoms with Crippen LogP contribution in [0, 0.1) is 5.92 Å². The Labute approximate surface area is 159 Å². The molecular formula is C19H20F3N3O3. The first-order chi connectivity index (χ1) is 13.2. The summed E-state index contributed by atoms with van der Waals surface area (Å²) in [5, 5.41) is 15.5. The fraction of sp³-hybridized carbons (Fsp3) is 0.421. The smallest absolute Gasteiger partial charge is 0.434 e. The molecule has 1 aliphatic rings. The Hall–Kier alpha value is -2.84. The minimum absolute atomic E-state index is 0.0165. The number of carbonyl (C=O) groups excluding carboxylic acids is 1. The molecule has 6 nitrogen and oxygen atoms in total. The molecule has 1 aliphatic carbocycles. The van der Waals surface area contributed by atoms with Crippen LogP contribution in [0.4, 0.5) is 13.2 Å². The number of carbonyl (C=O) groups is 2. The van der Waals surface area contributed by atoms with Crippen molar-refractivity contribution < 1.29 is 27.9 Å².